The molecule has 2 aromatic heterocycles. The number of carbonyl (C=O) groups excluding carboxylic acids is 1. The molecule has 1 amide bonds. The Morgan fingerprint density at radius 2 is 1.77 bits per heavy atom. The summed E-state index contributed by atoms with van der Waals surface area (Å²) in [5.74, 6) is -0.205. The number of nitrogens with zero attached hydrogens (tertiary/aromatic N) is 3. The summed E-state index contributed by atoms with van der Waals surface area (Å²) in [5.41, 5.74) is 4.65. The molecular weight excluding hydrogens is 392 g/mol. The molecule has 2 heterocycles. The summed E-state index contributed by atoms with van der Waals surface area (Å²) in [6.07, 6.45) is 3.38. The molecule has 4 aromatic rings. The van der Waals surface area contributed by atoms with Gasteiger partial charge in [-0.25, -0.2) is 9.50 Å². The van der Waals surface area contributed by atoms with Crippen molar-refractivity contribution in [3.63, 3.8) is 0 Å². The normalized spacial score (nSPS) is 10.8. The number of halogens is 1. The minimum Gasteiger partial charge on any atom is -0.322 e. The SMILES string of the molecule is Cc1c(C(=O)Nc2ccccc2)cnc2c(-c3ccc(Br)cc3)cnn12. The van der Waals surface area contributed by atoms with Crippen molar-refractivity contribution in [2.75, 3.05) is 5.32 Å². The highest BCUT2D eigenvalue weighted by Gasteiger charge is 2.16. The van der Waals surface area contributed by atoms with Crippen LogP contribution in [0.3, 0.4) is 0 Å². The topological polar surface area (TPSA) is 59.3 Å². The van der Waals surface area contributed by atoms with E-state index in [0.717, 1.165) is 32.6 Å². The first-order valence-electron chi connectivity index (χ1n) is 8.09. The van der Waals surface area contributed by atoms with Gasteiger partial charge in [0.25, 0.3) is 5.91 Å². The van der Waals surface area contributed by atoms with E-state index in [0.29, 0.717) is 5.56 Å². The van der Waals surface area contributed by atoms with Gasteiger partial charge in [0, 0.05) is 21.9 Å². The highest BCUT2D eigenvalue weighted by atomic mass is 79.9. The van der Waals surface area contributed by atoms with Crippen LogP contribution in [-0.4, -0.2) is 20.5 Å². The number of anilines is 1. The first-order valence-corrected chi connectivity index (χ1v) is 8.88. The molecule has 6 heteroatoms. The Bertz CT molecular complexity index is 1090. The lowest BCUT2D eigenvalue weighted by molar-refractivity contribution is 0.102. The van der Waals surface area contributed by atoms with Gasteiger partial charge in [-0.1, -0.05) is 46.3 Å². The quantitative estimate of drug-likeness (QED) is 0.535. The summed E-state index contributed by atoms with van der Waals surface area (Å²) in [6.45, 7) is 1.87. The van der Waals surface area contributed by atoms with E-state index >= 15 is 0 Å². The van der Waals surface area contributed by atoms with Crippen molar-refractivity contribution in [3.8, 4) is 11.1 Å². The minimum atomic E-state index is -0.205. The van der Waals surface area contributed by atoms with Crippen molar-refractivity contribution in [1.29, 1.82) is 0 Å². The molecule has 0 bridgehead atoms. The zero-order valence-corrected chi connectivity index (χ0v) is 15.6. The third kappa shape index (κ3) is 2.99. The maximum atomic E-state index is 12.6. The monoisotopic (exact) mass is 406 g/mol. The van der Waals surface area contributed by atoms with E-state index in [1.165, 1.54) is 0 Å². The van der Waals surface area contributed by atoms with Gasteiger partial charge in [-0.05, 0) is 36.8 Å². The van der Waals surface area contributed by atoms with E-state index in [1.54, 1.807) is 16.9 Å². The number of hydrogen-bond donors (Lipinski definition) is 1. The van der Waals surface area contributed by atoms with E-state index in [2.05, 4.69) is 31.3 Å². The number of rotatable bonds is 3. The zero-order valence-electron chi connectivity index (χ0n) is 14.0. The van der Waals surface area contributed by atoms with Crippen LogP contribution in [0.4, 0.5) is 5.69 Å². The third-order valence-electron chi connectivity index (χ3n) is 4.20. The molecule has 0 aliphatic carbocycles. The third-order valence-corrected chi connectivity index (χ3v) is 4.73. The van der Waals surface area contributed by atoms with E-state index in [1.807, 2.05) is 61.5 Å². The van der Waals surface area contributed by atoms with E-state index in [-0.39, 0.29) is 5.91 Å². The van der Waals surface area contributed by atoms with Crippen LogP contribution < -0.4 is 5.32 Å². The summed E-state index contributed by atoms with van der Waals surface area (Å²) >= 11 is 3.44. The van der Waals surface area contributed by atoms with E-state index < -0.39 is 0 Å². The molecule has 0 aliphatic heterocycles. The van der Waals surface area contributed by atoms with Gasteiger partial charge >= 0.3 is 0 Å². The van der Waals surface area contributed by atoms with Crippen molar-refractivity contribution in [2.45, 2.75) is 6.92 Å². The summed E-state index contributed by atoms with van der Waals surface area (Å²) < 4.78 is 2.72. The first kappa shape index (κ1) is 16.5. The van der Waals surface area contributed by atoms with Crippen LogP contribution in [0.25, 0.3) is 16.8 Å². The van der Waals surface area contributed by atoms with Gasteiger partial charge in [-0.2, -0.15) is 5.10 Å². The molecule has 0 radical (unpaired) electrons. The fourth-order valence-corrected chi connectivity index (χ4v) is 3.09. The Labute approximate surface area is 158 Å². The number of aryl methyl sites for hydroxylation is 1. The molecule has 0 fully saturated rings. The van der Waals surface area contributed by atoms with Gasteiger partial charge in [0.2, 0.25) is 0 Å². The second kappa shape index (κ2) is 6.72. The molecule has 0 unspecified atom stereocenters. The number of aromatic nitrogens is 3. The molecule has 0 saturated heterocycles. The van der Waals surface area contributed by atoms with Gasteiger partial charge in [0.1, 0.15) is 0 Å². The zero-order chi connectivity index (χ0) is 18.1. The van der Waals surface area contributed by atoms with Crippen LogP contribution in [0.5, 0.6) is 0 Å². The van der Waals surface area contributed by atoms with Crippen molar-refractivity contribution in [1.82, 2.24) is 14.6 Å². The second-order valence-corrected chi connectivity index (χ2v) is 6.79. The first-order chi connectivity index (χ1) is 12.6. The second-order valence-electron chi connectivity index (χ2n) is 5.88. The van der Waals surface area contributed by atoms with Crippen LogP contribution in [0.2, 0.25) is 0 Å². The number of para-hydroxylation sites is 1. The van der Waals surface area contributed by atoms with Gasteiger partial charge in [-0.15, -0.1) is 0 Å². The maximum Gasteiger partial charge on any atom is 0.259 e. The standard InChI is InChI=1S/C20H15BrN4O/c1-13-17(20(26)24-16-5-3-2-4-6-16)11-22-19-18(12-23-25(13)19)14-7-9-15(21)10-8-14/h2-12H,1H3,(H,24,26). The van der Waals surface area contributed by atoms with Gasteiger partial charge in [-0.3, -0.25) is 4.79 Å². The van der Waals surface area contributed by atoms with Crippen LogP contribution >= 0.6 is 15.9 Å². The Balaban J connectivity index is 1.72. The molecule has 1 N–H and O–H groups in total. The van der Waals surface area contributed by atoms with Gasteiger partial charge in [0.05, 0.1) is 17.5 Å². The number of carbonyl (C=O) groups is 1. The number of nitrogens with one attached hydrogen (secondary N) is 1. The molecule has 26 heavy (non-hydrogen) atoms. The van der Waals surface area contributed by atoms with Crippen LogP contribution in [0, 0.1) is 6.92 Å². The summed E-state index contributed by atoms with van der Waals surface area (Å²) in [6, 6.07) is 17.3. The van der Waals surface area contributed by atoms with Gasteiger partial charge < -0.3 is 5.32 Å². The number of amides is 1. The molecule has 0 spiro atoms. The predicted molar refractivity (Wildman–Crippen MR) is 105 cm³/mol. The Morgan fingerprint density at radius 3 is 2.50 bits per heavy atom. The van der Waals surface area contributed by atoms with Gasteiger partial charge in [0.15, 0.2) is 5.65 Å². The average molecular weight is 407 g/mol. The highest BCUT2D eigenvalue weighted by molar-refractivity contribution is 9.10. The molecule has 4 rings (SSSR count). The predicted octanol–water partition coefficient (Wildman–Crippen LogP) is 4.72. The summed E-state index contributed by atoms with van der Waals surface area (Å²) in [4.78, 5) is 17.1. The Kier molecular flexibility index (Phi) is 4.26. The molecule has 0 aliphatic rings. The number of hydrogen-bond acceptors (Lipinski definition) is 3. The number of benzene rings is 2. The van der Waals surface area contributed by atoms with Crippen molar-refractivity contribution in [2.24, 2.45) is 0 Å². The highest BCUT2D eigenvalue weighted by Crippen LogP contribution is 2.26. The largest absolute Gasteiger partial charge is 0.322 e. The summed E-state index contributed by atoms with van der Waals surface area (Å²) in [7, 11) is 0. The van der Waals surface area contributed by atoms with Crippen LogP contribution in [-0.2, 0) is 0 Å². The Hall–Kier alpha value is -2.99. The van der Waals surface area contributed by atoms with E-state index in [9.17, 15) is 4.79 Å². The van der Waals surface area contributed by atoms with E-state index in [4.69, 9.17) is 0 Å². The minimum absolute atomic E-state index is 0.205. The molecule has 5 nitrogen and oxygen atoms in total. The fraction of sp³-hybridized carbons (Fsp3) is 0.0500. The van der Waals surface area contributed by atoms with Crippen molar-refractivity contribution in [3.05, 3.63) is 82.7 Å². The fourth-order valence-electron chi connectivity index (χ4n) is 2.82. The number of fused-ring (bicyclic) bond motifs is 1. The van der Waals surface area contributed by atoms with Crippen LogP contribution in [0.1, 0.15) is 16.1 Å². The molecule has 128 valence electrons. The lowest BCUT2D eigenvalue weighted by Gasteiger charge is -2.09. The lowest BCUT2D eigenvalue weighted by atomic mass is 10.1. The smallest absolute Gasteiger partial charge is 0.259 e. The lowest BCUT2D eigenvalue weighted by Crippen LogP contribution is -2.16. The van der Waals surface area contributed by atoms with Crippen molar-refractivity contribution < 1.29 is 4.79 Å². The van der Waals surface area contributed by atoms with Crippen LogP contribution in [0.15, 0.2) is 71.5 Å². The van der Waals surface area contributed by atoms with Crippen molar-refractivity contribution >= 4 is 33.2 Å². The molecule has 2 aromatic carbocycles. The average Bonchev–Trinajstić information content (AvgIpc) is 3.08. The molecule has 0 saturated carbocycles. The summed E-state index contributed by atoms with van der Waals surface area (Å²) in [5, 5.41) is 7.31. The molecule has 0 atom stereocenters. The Morgan fingerprint density at radius 1 is 1.04 bits per heavy atom. The molecular formula is C20H15BrN4O. The maximum absolute atomic E-state index is 12.6.